The molecule has 0 aliphatic carbocycles. The molecule has 0 aromatic heterocycles. The van der Waals surface area contributed by atoms with Gasteiger partial charge in [0.1, 0.15) is 6.04 Å². The highest BCUT2D eigenvalue weighted by atomic mass is 16.4. The number of hydrogen-bond acceptors (Lipinski definition) is 3. The molecule has 18 heavy (non-hydrogen) atoms. The average molecular weight is 259 g/mol. The summed E-state index contributed by atoms with van der Waals surface area (Å²) >= 11 is 0. The molecule has 0 fully saturated rings. The van der Waals surface area contributed by atoms with Crippen molar-refractivity contribution in [3.8, 4) is 0 Å². The molecule has 2 N–H and O–H groups in total. The van der Waals surface area contributed by atoms with Gasteiger partial charge in [-0.05, 0) is 11.8 Å². The Morgan fingerprint density at radius 1 is 1.17 bits per heavy atom. The van der Waals surface area contributed by atoms with E-state index in [9.17, 15) is 14.4 Å². The van der Waals surface area contributed by atoms with Crippen molar-refractivity contribution in [3.05, 3.63) is 0 Å². The second kappa shape index (κ2) is 6.37. The van der Waals surface area contributed by atoms with Crippen LogP contribution in [0.15, 0.2) is 0 Å². The van der Waals surface area contributed by atoms with Crippen LogP contribution in [0.2, 0.25) is 0 Å². The van der Waals surface area contributed by atoms with Crippen LogP contribution < -0.4 is 0 Å². The summed E-state index contributed by atoms with van der Waals surface area (Å²) in [6, 6.07) is -1.30. The molecule has 0 heterocycles. The van der Waals surface area contributed by atoms with Gasteiger partial charge in [0.2, 0.25) is 5.91 Å². The van der Waals surface area contributed by atoms with Gasteiger partial charge in [0.25, 0.3) is 0 Å². The molecular formula is C12H21NO5. The SMILES string of the molecule is CC(=O)N(CCC(C)(C)C)[C@@H](CC(=O)O)C(=O)O. The van der Waals surface area contributed by atoms with Crippen molar-refractivity contribution in [1.82, 2.24) is 4.90 Å². The van der Waals surface area contributed by atoms with Crippen LogP contribution in [0, 0.1) is 5.41 Å². The number of carbonyl (C=O) groups excluding carboxylic acids is 1. The van der Waals surface area contributed by atoms with E-state index in [4.69, 9.17) is 10.2 Å². The first-order chi connectivity index (χ1) is 8.04. The molecule has 6 nitrogen and oxygen atoms in total. The Labute approximate surface area is 107 Å². The van der Waals surface area contributed by atoms with E-state index < -0.39 is 30.3 Å². The van der Waals surface area contributed by atoms with Crippen molar-refractivity contribution in [2.45, 2.75) is 46.6 Å². The maximum Gasteiger partial charge on any atom is 0.327 e. The molecule has 0 unspecified atom stereocenters. The van der Waals surface area contributed by atoms with Gasteiger partial charge < -0.3 is 15.1 Å². The summed E-state index contributed by atoms with van der Waals surface area (Å²) in [5, 5.41) is 17.7. The quantitative estimate of drug-likeness (QED) is 0.747. The van der Waals surface area contributed by atoms with Crippen LogP contribution in [-0.4, -0.2) is 45.5 Å². The number of rotatable bonds is 6. The molecule has 0 saturated carbocycles. The monoisotopic (exact) mass is 259 g/mol. The van der Waals surface area contributed by atoms with Gasteiger partial charge in [-0.25, -0.2) is 4.79 Å². The van der Waals surface area contributed by atoms with E-state index in [0.717, 1.165) is 4.90 Å². The maximum absolute atomic E-state index is 11.5. The molecule has 1 atom stereocenters. The summed E-state index contributed by atoms with van der Waals surface area (Å²) in [4.78, 5) is 34.3. The number of aliphatic carboxylic acids is 2. The third-order valence-corrected chi connectivity index (χ3v) is 2.54. The predicted octanol–water partition coefficient (Wildman–Crippen LogP) is 1.20. The molecule has 0 aromatic rings. The van der Waals surface area contributed by atoms with Gasteiger partial charge in [0, 0.05) is 13.5 Å². The van der Waals surface area contributed by atoms with Crippen LogP contribution in [0.25, 0.3) is 0 Å². The average Bonchev–Trinajstić information content (AvgIpc) is 2.12. The number of carboxylic acids is 2. The molecule has 0 aliphatic rings. The number of carboxylic acid groups (broad SMARTS) is 2. The number of hydrogen-bond donors (Lipinski definition) is 2. The van der Waals surface area contributed by atoms with Crippen LogP contribution in [0.4, 0.5) is 0 Å². The third kappa shape index (κ3) is 6.22. The molecule has 0 saturated heterocycles. The molecule has 0 aromatic carbocycles. The van der Waals surface area contributed by atoms with Crippen molar-refractivity contribution in [2.24, 2.45) is 5.41 Å². The minimum Gasteiger partial charge on any atom is -0.481 e. The lowest BCUT2D eigenvalue weighted by molar-refractivity contribution is -0.154. The van der Waals surface area contributed by atoms with Crippen LogP contribution in [0.3, 0.4) is 0 Å². The largest absolute Gasteiger partial charge is 0.481 e. The summed E-state index contributed by atoms with van der Waals surface area (Å²) in [5.74, 6) is -2.95. The Hall–Kier alpha value is -1.59. The van der Waals surface area contributed by atoms with E-state index in [0.29, 0.717) is 6.42 Å². The zero-order valence-electron chi connectivity index (χ0n) is 11.3. The third-order valence-electron chi connectivity index (χ3n) is 2.54. The van der Waals surface area contributed by atoms with E-state index in [1.54, 1.807) is 0 Å². The minimum atomic E-state index is -1.30. The van der Waals surface area contributed by atoms with Gasteiger partial charge in [-0.1, -0.05) is 20.8 Å². The zero-order valence-corrected chi connectivity index (χ0v) is 11.3. The van der Waals surface area contributed by atoms with Crippen LogP contribution >= 0.6 is 0 Å². The predicted molar refractivity (Wildman–Crippen MR) is 65.1 cm³/mol. The number of amides is 1. The Bertz CT molecular complexity index is 332. The highest BCUT2D eigenvalue weighted by Gasteiger charge is 2.30. The van der Waals surface area contributed by atoms with Gasteiger partial charge in [-0.3, -0.25) is 9.59 Å². The van der Waals surface area contributed by atoms with Crippen molar-refractivity contribution < 1.29 is 24.6 Å². The molecule has 6 heteroatoms. The fourth-order valence-corrected chi connectivity index (χ4v) is 1.48. The first-order valence-electron chi connectivity index (χ1n) is 5.76. The number of carbonyl (C=O) groups is 3. The second-order valence-electron chi connectivity index (χ2n) is 5.47. The summed E-state index contributed by atoms with van der Waals surface area (Å²) < 4.78 is 0. The van der Waals surface area contributed by atoms with E-state index >= 15 is 0 Å². The Kier molecular flexibility index (Phi) is 5.81. The van der Waals surface area contributed by atoms with E-state index in [1.165, 1.54) is 6.92 Å². The lowest BCUT2D eigenvalue weighted by Gasteiger charge is -2.30. The molecule has 1 amide bonds. The van der Waals surface area contributed by atoms with Crippen molar-refractivity contribution in [2.75, 3.05) is 6.54 Å². The first-order valence-corrected chi connectivity index (χ1v) is 5.76. The van der Waals surface area contributed by atoms with Crippen LogP contribution in [0.1, 0.15) is 40.5 Å². The van der Waals surface area contributed by atoms with Gasteiger partial charge in [-0.2, -0.15) is 0 Å². The van der Waals surface area contributed by atoms with Crippen LogP contribution in [0.5, 0.6) is 0 Å². The molecule has 0 aliphatic heterocycles. The van der Waals surface area contributed by atoms with Crippen LogP contribution in [-0.2, 0) is 14.4 Å². The first kappa shape index (κ1) is 16.4. The van der Waals surface area contributed by atoms with E-state index in [1.807, 2.05) is 20.8 Å². The summed E-state index contributed by atoms with van der Waals surface area (Å²) in [7, 11) is 0. The fraction of sp³-hybridized carbons (Fsp3) is 0.750. The Balaban J connectivity index is 4.87. The van der Waals surface area contributed by atoms with Crippen molar-refractivity contribution in [3.63, 3.8) is 0 Å². The lowest BCUT2D eigenvalue weighted by atomic mass is 9.92. The van der Waals surface area contributed by atoms with E-state index in [-0.39, 0.29) is 12.0 Å². The standard InChI is InChI=1S/C12H21NO5/c1-8(14)13(6-5-12(2,3)4)9(11(17)18)7-10(15)16/h9H,5-7H2,1-4H3,(H,15,16)(H,17,18)/t9-/m0/s1. The molecular weight excluding hydrogens is 238 g/mol. The normalized spacial score (nSPS) is 12.9. The van der Waals surface area contributed by atoms with Crippen molar-refractivity contribution in [1.29, 1.82) is 0 Å². The van der Waals surface area contributed by atoms with E-state index in [2.05, 4.69) is 0 Å². The van der Waals surface area contributed by atoms with Gasteiger partial charge in [0.15, 0.2) is 0 Å². The summed E-state index contributed by atoms with van der Waals surface area (Å²) in [6.07, 6.45) is 0.0229. The Morgan fingerprint density at radius 2 is 1.67 bits per heavy atom. The van der Waals surface area contributed by atoms with Gasteiger partial charge in [-0.15, -0.1) is 0 Å². The zero-order chi connectivity index (χ0) is 14.5. The maximum atomic E-state index is 11.5. The fourth-order valence-electron chi connectivity index (χ4n) is 1.48. The number of nitrogens with zero attached hydrogens (tertiary/aromatic N) is 1. The molecule has 104 valence electrons. The Morgan fingerprint density at radius 3 is 1.94 bits per heavy atom. The minimum absolute atomic E-state index is 0.0556. The highest BCUT2D eigenvalue weighted by molar-refractivity contribution is 5.86. The summed E-state index contributed by atoms with van der Waals surface area (Å²) in [5.41, 5.74) is -0.0556. The topological polar surface area (TPSA) is 94.9 Å². The van der Waals surface area contributed by atoms with Gasteiger partial charge in [0.05, 0.1) is 6.42 Å². The molecule has 0 rings (SSSR count). The molecule has 0 spiro atoms. The van der Waals surface area contributed by atoms with Crippen molar-refractivity contribution >= 4 is 17.8 Å². The second-order valence-corrected chi connectivity index (χ2v) is 5.47. The summed E-state index contributed by atoms with van der Waals surface area (Å²) in [6.45, 7) is 7.40. The molecule has 0 bridgehead atoms. The lowest BCUT2D eigenvalue weighted by Crippen LogP contribution is -2.46. The molecule has 0 radical (unpaired) electrons. The smallest absolute Gasteiger partial charge is 0.327 e. The highest BCUT2D eigenvalue weighted by Crippen LogP contribution is 2.20. The van der Waals surface area contributed by atoms with Gasteiger partial charge >= 0.3 is 11.9 Å².